The zero-order valence-electron chi connectivity index (χ0n) is 22.6. The quantitative estimate of drug-likeness (QED) is 0.494. The third-order valence-corrected chi connectivity index (χ3v) is 7.74. The van der Waals surface area contributed by atoms with Gasteiger partial charge in [0.05, 0.1) is 16.3 Å². The molecule has 1 fully saturated rings. The van der Waals surface area contributed by atoms with Gasteiger partial charge in [0.2, 0.25) is 0 Å². The minimum atomic E-state index is -4.82. The summed E-state index contributed by atoms with van der Waals surface area (Å²) in [5, 5.41) is 2.61. The highest BCUT2D eigenvalue weighted by Crippen LogP contribution is 2.49. The smallest absolute Gasteiger partial charge is 0.412 e. The average Bonchev–Trinajstić information content (AvgIpc) is 3.05. The number of likely N-dealkylation sites (N-methyl/N-ethyl adjacent to an activating group) is 1. The van der Waals surface area contributed by atoms with Gasteiger partial charge in [-0.2, -0.15) is 8.42 Å². The molecule has 9 nitrogen and oxygen atoms in total. The summed E-state index contributed by atoms with van der Waals surface area (Å²) in [5.41, 5.74) is -1.00. The number of hydrogen-bond acceptors (Lipinski definition) is 7. The van der Waals surface area contributed by atoms with Crippen LogP contribution in [0.25, 0.3) is 0 Å². The van der Waals surface area contributed by atoms with Gasteiger partial charge < -0.3 is 14.4 Å². The fourth-order valence-electron chi connectivity index (χ4n) is 5.17. The lowest BCUT2D eigenvalue weighted by Crippen LogP contribution is -2.56. The number of ether oxygens (including phenoxy) is 2. The summed E-state index contributed by atoms with van der Waals surface area (Å²) in [4.78, 5) is 29.4. The first-order valence-corrected chi connectivity index (χ1v) is 14.1. The summed E-state index contributed by atoms with van der Waals surface area (Å²) in [6, 6.07) is 7.52. The van der Waals surface area contributed by atoms with Crippen molar-refractivity contribution in [2.45, 2.75) is 69.6 Å². The summed E-state index contributed by atoms with van der Waals surface area (Å²) in [7, 11) is -4.82. The van der Waals surface area contributed by atoms with Gasteiger partial charge in [0, 0.05) is 18.7 Å². The number of hydrogen-bond donors (Lipinski definition) is 1. The first kappa shape index (κ1) is 28.8. The van der Waals surface area contributed by atoms with Crippen molar-refractivity contribution >= 4 is 33.6 Å². The number of carbonyl (C=O) groups excluding carboxylic acids is 2. The SMILES string of the molecule is CCN1C(=O)C(C)(N2CCC[C@@H](Oc3ccc(S(=O)(=O)F)cc3)C2)c2cc(F)cc(NC(=O)OC(C)(C)C)c21. The third kappa shape index (κ3) is 5.86. The van der Waals surface area contributed by atoms with Gasteiger partial charge in [0.1, 0.15) is 28.8 Å². The highest BCUT2D eigenvalue weighted by molar-refractivity contribution is 7.86. The fraction of sp³-hybridized carbons (Fsp3) is 0.481. The van der Waals surface area contributed by atoms with Crippen LogP contribution in [0.4, 0.5) is 24.4 Å². The Morgan fingerprint density at radius 3 is 2.46 bits per heavy atom. The molecular weight excluding hydrogens is 532 g/mol. The van der Waals surface area contributed by atoms with Crippen LogP contribution in [0.3, 0.4) is 0 Å². The van der Waals surface area contributed by atoms with Gasteiger partial charge in [-0.25, -0.2) is 9.18 Å². The molecule has 1 unspecified atom stereocenters. The third-order valence-electron chi connectivity index (χ3n) is 6.90. The Kier molecular flexibility index (Phi) is 7.65. The molecule has 1 saturated heterocycles. The molecule has 0 aromatic heterocycles. The molecule has 4 rings (SSSR count). The van der Waals surface area contributed by atoms with Crippen LogP contribution in [0.5, 0.6) is 5.75 Å². The van der Waals surface area contributed by atoms with E-state index in [0.717, 1.165) is 12.1 Å². The number of piperidine rings is 1. The number of nitrogens with one attached hydrogen (secondary N) is 1. The summed E-state index contributed by atoms with van der Waals surface area (Å²) in [5.74, 6) is -0.497. The van der Waals surface area contributed by atoms with Crippen molar-refractivity contribution in [3.05, 3.63) is 47.8 Å². The van der Waals surface area contributed by atoms with Crippen LogP contribution in [0, 0.1) is 5.82 Å². The summed E-state index contributed by atoms with van der Waals surface area (Å²) in [6.45, 7) is 9.86. The van der Waals surface area contributed by atoms with E-state index in [1.54, 1.807) is 34.6 Å². The largest absolute Gasteiger partial charge is 0.489 e. The lowest BCUT2D eigenvalue weighted by Gasteiger charge is -2.42. The Labute approximate surface area is 227 Å². The predicted molar refractivity (Wildman–Crippen MR) is 142 cm³/mol. The summed E-state index contributed by atoms with van der Waals surface area (Å²) in [6.07, 6.45) is 0.237. The molecule has 2 atom stereocenters. The minimum absolute atomic E-state index is 0.144. The number of nitrogens with zero attached hydrogens (tertiary/aromatic N) is 2. The van der Waals surface area contributed by atoms with Crippen LogP contribution in [0.1, 0.15) is 53.0 Å². The first-order chi connectivity index (χ1) is 18.1. The molecule has 2 amide bonds. The van der Waals surface area contributed by atoms with Gasteiger partial charge in [0.15, 0.2) is 0 Å². The molecule has 0 aliphatic carbocycles. The number of halogens is 2. The molecule has 2 aliphatic heterocycles. The first-order valence-electron chi connectivity index (χ1n) is 12.8. The van der Waals surface area contributed by atoms with Crippen molar-refractivity contribution < 1.29 is 35.8 Å². The van der Waals surface area contributed by atoms with E-state index in [-0.39, 0.29) is 17.7 Å². The molecule has 2 heterocycles. The minimum Gasteiger partial charge on any atom is -0.489 e. The number of carbonyl (C=O) groups is 2. The Morgan fingerprint density at radius 1 is 1.21 bits per heavy atom. The van der Waals surface area contributed by atoms with Crippen LogP contribution in [-0.2, 0) is 25.3 Å². The second-order valence-corrected chi connectivity index (χ2v) is 12.2. The number of fused-ring (bicyclic) bond motifs is 1. The van der Waals surface area contributed by atoms with Crippen LogP contribution in [-0.4, -0.2) is 56.7 Å². The maximum absolute atomic E-state index is 14.9. The zero-order valence-corrected chi connectivity index (χ0v) is 23.4. The normalized spacial score (nSPS) is 22.0. The van der Waals surface area contributed by atoms with E-state index in [1.165, 1.54) is 29.2 Å². The molecule has 0 radical (unpaired) electrons. The molecule has 0 spiro atoms. The van der Waals surface area contributed by atoms with Crippen LogP contribution in [0.2, 0.25) is 0 Å². The maximum Gasteiger partial charge on any atom is 0.412 e. The maximum atomic E-state index is 14.9. The molecule has 39 heavy (non-hydrogen) atoms. The van der Waals surface area contributed by atoms with E-state index >= 15 is 0 Å². The van der Waals surface area contributed by atoms with E-state index in [0.29, 0.717) is 49.5 Å². The van der Waals surface area contributed by atoms with E-state index in [9.17, 15) is 26.3 Å². The predicted octanol–water partition coefficient (Wildman–Crippen LogP) is 4.96. The van der Waals surface area contributed by atoms with E-state index in [4.69, 9.17) is 9.47 Å². The van der Waals surface area contributed by atoms with E-state index in [1.807, 2.05) is 4.90 Å². The van der Waals surface area contributed by atoms with Crippen molar-refractivity contribution in [3.63, 3.8) is 0 Å². The van der Waals surface area contributed by atoms with Gasteiger partial charge in [-0.3, -0.25) is 15.0 Å². The van der Waals surface area contributed by atoms with Gasteiger partial charge in [-0.05, 0) is 90.4 Å². The number of anilines is 2. The van der Waals surface area contributed by atoms with Crippen molar-refractivity contribution in [1.29, 1.82) is 0 Å². The van der Waals surface area contributed by atoms with Gasteiger partial charge in [0.25, 0.3) is 5.91 Å². The second-order valence-electron chi connectivity index (χ2n) is 10.8. The molecule has 0 bridgehead atoms. The Hall–Kier alpha value is -3.25. The number of benzene rings is 2. The van der Waals surface area contributed by atoms with E-state index in [2.05, 4.69) is 5.32 Å². The lowest BCUT2D eigenvalue weighted by atomic mass is 9.88. The highest BCUT2D eigenvalue weighted by Gasteiger charge is 2.53. The Balaban J connectivity index is 1.63. The summed E-state index contributed by atoms with van der Waals surface area (Å²) < 4.78 is 61.8. The summed E-state index contributed by atoms with van der Waals surface area (Å²) >= 11 is 0. The van der Waals surface area contributed by atoms with Gasteiger partial charge in [-0.1, -0.05) is 0 Å². The second kappa shape index (κ2) is 10.4. The standard InChI is InChI=1S/C27H33F2N3O6S/c1-6-32-23-21(14-17(28)15-22(23)30-25(34)38-26(2,3)4)27(5,24(32)33)31-13-7-8-19(16-31)37-18-9-11-20(12-10-18)39(29,35)36/h9-12,14-15,19H,6-8,13,16H2,1-5H3,(H,30,34)/t19-,27?/m1/s1. The van der Waals surface area contributed by atoms with Gasteiger partial charge >= 0.3 is 16.3 Å². The molecule has 0 saturated carbocycles. The molecule has 212 valence electrons. The number of amides is 2. The molecule has 12 heteroatoms. The van der Waals surface area contributed by atoms with Crippen LogP contribution < -0.4 is 15.0 Å². The fourth-order valence-corrected chi connectivity index (χ4v) is 5.63. The van der Waals surface area contributed by atoms with Crippen molar-refractivity contribution in [1.82, 2.24) is 4.90 Å². The Morgan fingerprint density at radius 2 is 1.87 bits per heavy atom. The van der Waals surface area contributed by atoms with Crippen molar-refractivity contribution in [2.24, 2.45) is 0 Å². The number of likely N-dealkylation sites (tertiary alicyclic amines) is 1. The molecule has 2 aromatic carbocycles. The molecule has 2 aliphatic rings. The van der Waals surface area contributed by atoms with Crippen molar-refractivity contribution in [2.75, 3.05) is 29.9 Å². The highest BCUT2D eigenvalue weighted by atomic mass is 32.3. The van der Waals surface area contributed by atoms with Crippen LogP contribution >= 0.6 is 0 Å². The van der Waals surface area contributed by atoms with E-state index < -0.39 is 38.2 Å². The number of rotatable bonds is 6. The average molecular weight is 566 g/mol. The monoisotopic (exact) mass is 565 g/mol. The molecule has 1 N–H and O–H groups in total. The topological polar surface area (TPSA) is 105 Å². The van der Waals surface area contributed by atoms with Crippen molar-refractivity contribution in [3.8, 4) is 5.75 Å². The zero-order chi connectivity index (χ0) is 28.8. The van der Waals surface area contributed by atoms with Gasteiger partial charge in [-0.15, -0.1) is 3.89 Å². The molecular formula is C27H33F2N3O6S. The lowest BCUT2D eigenvalue weighted by molar-refractivity contribution is -0.131. The van der Waals surface area contributed by atoms with Crippen LogP contribution in [0.15, 0.2) is 41.3 Å². The molecule has 2 aromatic rings. The Bertz CT molecular complexity index is 1380.